The lowest BCUT2D eigenvalue weighted by Gasteiger charge is -2.06. The van der Waals surface area contributed by atoms with Crippen molar-refractivity contribution < 1.29 is 0 Å². The standard InChI is InChI=1S/C19H24N2S/c1-12-7-8-13(2)17-16(12)15(6-4-5-10-20)18(21-17)19-14(3)9-11-22-19/h7-9,11,21H,4-6,10,20H2,1-3H3. The number of unbranched alkanes of at least 4 members (excludes halogenated alkanes) is 1. The third kappa shape index (κ3) is 2.59. The van der Waals surface area contributed by atoms with Gasteiger partial charge in [0.1, 0.15) is 0 Å². The Labute approximate surface area is 136 Å². The predicted octanol–water partition coefficient (Wildman–Crippen LogP) is 5.10. The van der Waals surface area contributed by atoms with Gasteiger partial charge in [-0.1, -0.05) is 12.1 Å². The number of nitrogens with two attached hydrogens (primary N) is 1. The van der Waals surface area contributed by atoms with Crippen molar-refractivity contribution in [2.75, 3.05) is 6.54 Å². The average Bonchev–Trinajstić information content (AvgIpc) is 3.08. The van der Waals surface area contributed by atoms with E-state index in [1.54, 1.807) is 0 Å². The topological polar surface area (TPSA) is 41.8 Å². The largest absolute Gasteiger partial charge is 0.353 e. The Kier molecular flexibility index (Phi) is 4.37. The molecule has 0 atom stereocenters. The summed E-state index contributed by atoms with van der Waals surface area (Å²) < 4.78 is 0. The van der Waals surface area contributed by atoms with E-state index >= 15 is 0 Å². The van der Waals surface area contributed by atoms with E-state index in [1.807, 2.05) is 11.3 Å². The van der Waals surface area contributed by atoms with Gasteiger partial charge in [-0.2, -0.15) is 0 Å². The number of rotatable bonds is 5. The van der Waals surface area contributed by atoms with Gasteiger partial charge in [-0.3, -0.25) is 0 Å². The van der Waals surface area contributed by atoms with Crippen LogP contribution in [-0.4, -0.2) is 11.5 Å². The highest BCUT2D eigenvalue weighted by atomic mass is 32.1. The van der Waals surface area contributed by atoms with Crippen LogP contribution in [0.5, 0.6) is 0 Å². The summed E-state index contributed by atoms with van der Waals surface area (Å²) in [5, 5.41) is 3.60. The summed E-state index contributed by atoms with van der Waals surface area (Å²) in [6.45, 7) is 7.37. The average molecular weight is 312 g/mol. The van der Waals surface area contributed by atoms with Crippen LogP contribution in [0.1, 0.15) is 35.1 Å². The van der Waals surface area contributed by atoms with Gasteiger partial charge < -0.3 is 10.7 Å². The molecule has 2 nitrogen and oxygen atoms in total. The molecule has 0 fully saturated rings. The summed E-state index contributed by atoms with van der Waals surface area (Å²) in [7, 11) is 0. The van der Waals surface area contributed by atoms with Crippen LogP contribution in [0.25, 0.3) is 21.5 Å². The number of H-pyrrole nitrogens is 1. The van der Waals surface area contributed by atoms with Crippen LogP contribution < -0.4 is 5.73 Å². The highest BCUT2D eigenvalue weighted by Crippen LogP contribution is 2.38. The molecule has 0 amide bonds. The molecule has 0 saturated heterocycles. The Bertz CT molecular complexity index is 795. The number of fused-ring (bicyclic) bond motifs is 1. The molecule has 0 aliphatic heterocycles. The van der Waals surface area contributed by atoms with E-state index in [-0.39, 0.29) is 0 Å². The maximum absolute atomic E-state index is 5.69. The molecule has 3 aromatic rings. The number of thiophene rings is 1. The van der Waals surface area contributed by atoms with E-state index in [4.69, 9.17) is 5.73 Å². The van der Waals surface area contributed by atoms with Crippen molar-refractivity contribution in [2.45, 2.75) is 40.0 Å². The van der Waals surface area contributed by atoms with Crippen molar-refractivity contribution in [1.29, 1.82) is 0 Å². The summed E-state index contributed by atoms with van der Waals surface area (Å²) in [5.41, 5.74) is 13.8. The van der Waals surface area contributed by atoms with Gasteiger partial charge in [-0.15, -0.1) is 11.3 Å². The smallest absolute Gasteiger partial charge is 0.0601 e. The molecule has 116 valence electrons. The molecule has 1 aromatic carbocycles. The summed E-state index contributed by atoms with van der Waals surface area (Å²) >= 11 is 1.83. The number of hydrogen-bond donors (Lipinski definition) is 2. The predicted molar refractivity (Wildman–Crippen MR) is 97.8 cm³/mol. The quantitative estimate of drug-likeness (QED) is 0.632. The first kappa shape index (κ1) is 15.3. The van der Waals surface area contributed by atoms with Crippen molar-refractivity contribution >= 4 is 22.2 Å². The maximum atomic E-state index is 5.69. The van der Waals surface area contributed by atoms with Crippen molar-refractivity contribution in [3.63, 3.8) is 0 Å². The third-order valence-electron chi connectivity index (χ3n) is 4.45. The minimum Gasteiger partial charge on any atom is -0.353 e. The zero-order valence-electron chi connectivity index (χ0n) is 13.6. The first-order valence-electron chi connectivity index (χ1n) is 7.98. The Morgan fingerprint density at radius 2 is 1.77 bits per heavy atom. The summed E-state index contributed by atoms with van der Waals surface area (Å²) in [6.07, 6.45) is 3.32. The van der Waals surface area contributed by atoms with Crippen LogP contribution in [0.15, 0.2) is 23.6 Å². The number of aromatic nitrogens is 1. The SMILES string of the molecule is Cc1ccsc1-c1[nH]c2c(C)ccc(C)c2c1CCCCN. The van der Waals surface area contributed by atoms with E-state index in [2.05, 4.69) is 49.3 Å². The summed E-state index contributed by atoms with van der Waals surface area (Å²) in [5.74, 6) is 0. The molecule has 0 aliphatic carbocycles. The molecule has 0 unspecified atom stereocenters. The van der Waals surface area contributed by atoms with Crippen molar-refractivity contribution in [2.24, 2.45) is 5.73 Å². The van der Waals surface area contributed by atoms with Crippen LogP contribution in [0.2, 0.25) is 0 Å². The van der Waals surface area contributed by atoms with Crippen LogP contribution in [0, 0.1) is 20.8 Å². The lowest BCUT2D eigenvalue weighted by molar-refractivity contribution is 0.748. The second-order valence-corrected chi connectivity index (χ2v) is 7.02. The van der Waals surface area contributed by atoms with Gasteiger partial charge in [0.15, 0.2) is 0 Å². The van der Waals surface area contributed by atoms with E-state index < -0.39 is 0 Å². The number of nitrogens with one attached hydrogen (secondary N) is 1. The van der Waals surface area contributed by atoms with Gasteiger partial charge in [-0.25, -0.2) is 0 Å². The van der Waals surface area contributed by atoms with Crippen molar-refractivity contribution in [1.82, 2.24) is 4.98 Å². The summed E-state index contributed by atoms with van der Waals surface area (Å²) in [4.78, 5) is 5.10. The summed E-state index contributed by atoms with van der Waals surface area (Å²) in [6, 6.07) is 6.65. The molecule has 0 bridgehead atoms. The zero-order valence-corrected chi connectivity index (χ0v) is 14.4. The van der Waals surface area contributed by atoms with E-state index in [0.717, 1.165) is 25.8 Å². The molecule has 0 spiro atoms. The molecule has 2 heterocycles. The van der Waals surface area contributed by atoms with Crippen LogP contribution in [-0.2, 0) is 6.42 Å². The number of aromatic amines is 1. The Hall–Kier alpha value is -1.58. The monoisotopic (exact) mass is 312 g/mol. The zero-order chi connectivity index (χ0) is 15.7. The third-order valence-corrected chi connectivity index (χ3v) is 5.48. The molecule has 2 aromatic heterocycles. The molecule has 3 N–H and O–H groups in total. The normalized spacial score (nSPS) is 11.5. The molecule has 0 saturated carbocycles. The molecule has 22 heavy (non-hydrogen) atoms. The molecule has 0 radical (unpaired) electrons. The lowest BCUT2D eigenvalue weighted by Crippen LogP contribution is -1.99. The van der Waals surface area contributed by atoms with E-state index in [1.165, 1.54) is 43.7 Å². The molecular weight excluding hydrogens is 288 g/mol. The number of aryl methyl sites for hydroxylation is 4. The van der Waals surface area contributed by atoms with Crippen LogP contribution >= 0.6 is 11.3 Å². The minimum atomic E-state index is 0.772. The Morgan fingerprint density at radius 3 is 2.45 bits per heavy atom. The first-order valence-corrected chi connectivity index (χ1v) is 8.86. The number of benzene rings is 1. The number of hydrogen-bond acceptors (Lipinski definition) is 2. The second-order valence-electron chi connectivity index (χ2n) is 6.11. The van der Waals surface area contributed by atoms with Gasteiger partial charge >= 0.3 is 0 Å². The molecule has 3 rings (SSSR count). The second kappa shape index (κ2) is 6.27. The van der Waals surface area contributed by atoms with Gasteiger partial charge in [0.05, 0.1) is 10.6 Å². The van der Waals surface area contributed by atoms with Gasteiger partial charge in [0.2, 0.25) is 0 Å². The molecule has 3 heteroatoms. The van der Waals surface area contributed by atoms with Gasteiger partial charge in [0, 0.05) is 10.9 Å². The Balaban J connectivity index is 2.22. The molecular formula is C19H24N2S. The van der Waals surface area contributed by atoms with E-state index in [0.29, 0.717) is 0 Å². The van der Waals surface area contributed by atoms with Gasteiger partial charge in [0.25, 0.3) is 0 Å². The van der Waals surface area contributed by atoms with Crippen LogP contribution in [0.3, 0.4) is 0 Å². The lowest BCUT2D eigenvalue weighted by atomic mass is 9.98. The Morgan fingerprint density at radius 1 is 1.00 bits per heavy atom. The fraction of sp³-hybridized carbons (Fsp3) is 0.368. The first-order chi connectivity index (χ1) is 10.6. The van der Waals surface area contributed by atoms with Crippen molar-refractivity contribution in [3.05, 3.63) is 45.8 Å². The fourth-order valence-electron chi connectivity index (χ4n) is 3.21. The van der Waals surface area contributed by atoms with Crippen LogP contribution in [0.4, 0.5) is 0 Å². The maximum Gasteiger partial charge on any atom is 0.0601 e. The highest BCUT2D eigenvalue weighted by Gasteiger charge is 2.17. The highest BCUT2D eigenvalue weighted by molar-refractivity contribution is 7.13. The molecule has 0 aliphatic rings. The fourth-order valence-corrected chi connectivity index (χ4v) is 4.16. The minimum absolute atomic E-state index is 0.772. The van der Waals surface area contributed by atoms with Crippen molar-refractivity contribution in [3.8, 4) is 10.6 Å². The van der Waals surface area contributed by atoms with E-state index in [9.17, 15) is 0 Å². The van der Waals surface area contributed by atoms with Gasteiger partial charge in [-0.05, 0) is 80.3 Å².